The first-order valence-corrected chi connectivity index (χ1v) is 7.59. The van der Waals surface area contributed by atoms with Gasteiger partial charge < -0.3 is 5.32 Å². The zero-order chi connectivity index (χ0) is 15.6. The second-order valence-electron chi connectivity index (χ2n) is 5.57. The highest BCUT2D eigenvalue weighted by Crippen LogP contribution is 2.32. The Balaban J connectivity index is 1.92. The van der Waals surface area contributed by atoms with Crippen LogP contribution in [0.25, 0.3) is 32.7 Å². The third kappa shape index (κ3) is 2.41. The topological polar surface area (TPSA) is 12.0 Å². The van der Waals surface area contributed by atoms with Gasteiger partial charge in [-0.25, -0.2) is 0 Å². The maximum Gasteiger partial charge on any atom is 0.0459 e. The Labute approximate surface area is 135 Å². The van der Waals surface area contributed by atoms with Crippen LogP contribution in [0.15, 0.2) is 78.9 Å². The van der Waals surface area contributed by atoms with E-state index in [1.807, 2.05) is 12.1 Å². The van der Waals surface area contributed by atoms with Crippen LogP contribution in [0.1, 0.15) is 0 Å². The van der Waals surface area contributed by atoms with Gasteiger partial charge >= 0.3 is 0 Å². The van der Waals surface area contributed by atoms with Crippen molar-refractivity contribution in [1.82, 2.24) is 0 Å². The van der Waals surface area contributed by atoms with E-state index in [4.69, 9.17) is 6.42 Å². The number of terminal acetylenes is 1. The lowest BCUT2D eigenvalue weighted by Gasteiger charge is -2.09. The molecule has 0 saturated carbocycles. The van der Waals surface area contributed by atoms with Crippen molar-refractivity contribution < 1.29 is 0 Å². The van der Waals surface area contributed by atoms with Crippen molar-refractivity contribution >= 4 is 27.2 Å². The molecule has 4 rings (SSSR count). The standard InChI is InChI=1S/C22H15N/c1-2-23-20-12-10-16(11-13-20)21-9-5-8-19-14-17-6-3-4-7-18(17)15-22(19)21/h1,3-15,23H. The summed E-state index contributed by atoms with van der Waals surface area (Å²) in [6, 6.07) is 30.1. The lowest BCUT2D eigenvalue weighted by Crippen LogP contribution is -1.87. The van der Waals surface area contributed by atoms with Gasteiger partial charge in [-0.05, 0) is 56.9 Å². The molecule has 108 valence electrons. The van der Waals surface area contributed by atoms with E-state index in [9.17, 15) is 0 Å². The van der Waals surface area contributed by atoms with Crippen LogP contribution in [0.3, 0.4) is 0 Å². The fourth-order valence-corrected chi connectivity index (χ4v) is 3.04. The van der Waals surface area contributed by atoms with Crippen LogP contribution in [0, 0.1) is 12.5 Å². The SMILES string of the molecule is C#CNc1ccc(-c2cccc3cc4ccccc4cc23)cc1. The monoisotopic (exact) mass is 293 g/mol. The number of hydrogen-bond donors (Lipinski definition) is 1. The summed E-state index contributed by atoms with van der Waals surface area (Å²) < 4.78 is 0. The fourth-order valence-electron chi connectivity index (χ4n) is 3.04. The van der Waals surface area contributed by atoms with E-state index in [2.05, 4.69) is 78.1 Å². The lowest BCUT2D eigenvalue weighted by atomic mass is 9.95. The third-order valence-corrected chi connectivity index (χ3v) is 4.16. The van der Waals surface area contributed by atoms with Gasteiger partial charge in [-0.1, -0.05) is 61.0 Å². The molecule has 0 aliphatic rings. The van der Waals surface area contributed by atoms with Gasteiger partial charge in [0.1, 0.15) is 0 Å². The minimum atomic E-state index is 0.932. The van der Waals surface area contributed by atoms with Crippen LogP contribution < -0.4 is 5.32 Å². The quantitative estimate of drug-likeness (QED) is 0.285. The third-order valence-electron chi connectivity index (χ3n) is 4.16. The summed E-state index contributed by atoms with van der Waals surface area (Å²) in [5, 5.41) is 7.93. The van der Waals surface area contributed by atoms with E-state index < -0.39 is 0 Å². The van der Waals surface area contributed by atoms with Crippen molar-refractivity contribution in [2.75, 3.05) is 5.32 Å². The largest absolute Gasteiger partial charge is 0.315 e. The Morgan fingerprint density at radius 3 is 2.13 bits per heavy atom. The molecule has 0 spiro atoms. The molecular weight excluding hydrogens is 278 g/mol. The van der Waals surface area contributed by atoms with E-state index >= 15 is 0 Å². The summed E-state index contributed by atoms with van der Waals surface area (Å²) in [6.07, 6.45) is 5.28. The van der Waals surface area contributed by atoms with Crippen LogP contribution in [-0.2, 0) is 0 Å². The van der Waals surface area contributed by atoms with E-state index in [0.29, 0.717) is 0 Å². The fraction of sp³-hybridized carbons (Fsp3) is 0. The molecule has 0 aliphatic carbocycles. The molecule has 1 N–H and O–H groups in total. The Morgan fingerprint density at radius 1 is 0.696 bits per heavy atom. The maximum absolute atomic E-state index is 5.28. The Hall–Kier alpha value is -3.24. The molecule has 0 amide bonds. The number of benzene rings is 4. The van der Waals surface area contributed by atoms with E-state index in [1.54, 1.807) is 0 Å². The number of hydrogen-bond acceptors (Lipinski definition) is 1. The van der Waals surface area contributed by atoms with Gasteiger partial charge in [-0.3, -0.25) is 0 Å². The summed E-state index contributed by atoms with van der Waals surface area (Å²) >= 11 is 0. The highest BCUT2D eigenvalue weighted by Gasteiger charge is 2.05. The maximum atomic E-state index is 5.28. The van der Waals surface area contributed by atoms with Crippen molar-refractivity contribution in [3.05, 3.63) is 78.9 Å². The summed E-state index contributed by atoms with van der Waals surface area (Å²) in [4.78, 5) is 0. The summed E-state index contributed by atoms with van der Waals surface area (Å²) in [5.74, 6) is 0. The first-order valence-electron chi connectivity index (χ1n) is 7.59. The first-order chi connectivity index (χ1) is 11.3. The highest BCUT2D eigenvalue weighted by atomic mass is 14.8. The Bertz CT molecular complexity index is 1040. The molecule has 0 aliphatic heterocycles. The van der Waals surface area contributed by atoms with E-state index in [1.165, 1.54) is 32.7 Å². The molecule has 4 aromatic rings. The molecule has 4 aromatic carbocycles. The zero-order valence-electron chi connectivity index (χ0n) is 12.6. The summed E-state index contributed by atoms with van der Waals surface area (Å²) in [5.41, 5.74) is 3.36. The van der Waals surface area contributed by atoms with Gasteiger partial charge in [0.2, 0.25) is 0 Å². The zero-order valence-corrected chi connectivity index (χ0v) is 12.6. The molecular formula is C22H15N. The average molecular weight is 293 g/mol. The predicted molar refractivity (Wildman–Crippen MR) is 99.3 cm³/mol. The highest BCUT2D eigenvalue weighted by molar-refractivity contribution is 6.04. The first kappa shape index (κ1) is 13.4. The van der Waals surface area contributed by atoms with Crippen molar-refractivity contribution in [3.8, 4) is 23.6 Å². The number of nitrogens with one attached hydrogen (secondary N) is 1. The molecule has 23 heavy (non-hydrogen) atoms. The molecule has 0 fully saturated rings. The predicted octanol–water partition coefficient (Wildman–Crippen LogP) is 5.66. The van der Waals surface area contributed by atoms with Crippen LogP contribution in [0.2, 0.25) is 0 Å². The van der Waals surface area contributed by atoms with Gasteiger partial charge in [0.25, 0.3) is 0 Å². The minimum Gasteiger partial charge on any atom is -0.315 e. The van der Waals surface area contributed by atoms with Gasteiger partial charge in [0, 0.05) is 11.7 Å². The second-order valence-corrected chi connectivity index (χ2v) is 5.57. The second kappa shape index (κ2) is 5.51. The minimum absolute atomic E-state index is 0.932. The summed E-state index contributed by atoms with van der Waals surface area (Å²) in [7, 11) is 0. The Kier molecular flexibility index (Phi) is 3.22. The smallest absolute Gasteiger partial charge is 0.0459 e. The van der Waals surface area contributed by atoms with Crippen molar-refractivity contribution in [2.24, 2.45) is 0 Å². The molecule has 0 atom stereocenters. The molecule has 1 nitrogen and oxygen atoms in total. The van der Waals surface area contributed by atoms with E-state index in [0.717, 1.165) is 5.69 Å². The van der Waals surface area contributed by atoms with Gasteiger partial charge in [0.05, 0.1) is 0 Å². The van der Waals surface area contributed by atoms with Crippen LogP contribution >= 0.6 is 0 Å². The van der Waals surface area contributed by atoms with Crippen molar-refractivity contribution in [2.45, 2.75) is 0 Å². The molecule has 0 saturated heterocycles. The number of fused-ring (bicyclic) bond motifs is 2. The van der Waals surface area contributed by atoms with E-state index in [-0.39, 0.29) is 0 Å². The molecule has 0 heterocycles. The summed E-state index contributed by atoms with van der Waals surface area (Å²) in [6.45, 7) is 0. The lowest BCUT2D eigenvalue weighted by molar-refractivity contribution is 1.61. The van der Waals surface area contributed by atoms with Crippen LogP contribution in [0.5, 0.6) is 0 Å². The van der Waals surface area contributed by atoms with Crippen molar-refractivity contribution in [3.63, 3.8) is 0 Å². The molecule has 0 bridgehead atoms. The van der Waals surface area contributed by atoms with Gasteiger partial charge in [-0.2, -0.15) is 0 Å². The average Bonchev–Trinajstić information content (AvgIpc) is 2.60. The molecule has 1 heteroatoms. The van der Waals surface area contributed by atoms with Crippen LogP contribution in [-0.4, -0.2) is 0 Å². The van der Waals surface area contributed by atoms with Crippen molar-refractivity contribution in [1.29, 1.82) is 0 Å². The molecule has 0 radical (unpaired) electrons. The normalized spacial score (nSPS) is 10.6. The number of rotatable bonds is 2. The Morgan fingerprint density at radius 2 is 1.39 bits per heavy atom. The molecule has 0 aromatic heterocycles. The van der Waals surface area contributed by atoms with Gasteiger partial charge in [-0.15, -0.1) is 0 Å². The number of anilines is 1. The van der Waals surface area contributed by atoms with Gasteiger partial charge in [0.15, 0.2) is 0 Å². The van der Waals surface area contributed by atoms with Crippen LogP contribution in [0.4, 0.5) is 5.69 Å². The molecule has 0 unspecified atom stereocenters.